The van der Waals surface area contributed by atoms with Crippen LogP contribution in [-0.2, 0) is 11.2 Å². The highest BCUT2D eigenvalue weighted by molar-refractivity contribution is 5.75. The molecule has 16 heavy (non-hydrogen) atoms. The Balaban J connectivity index is 2.15. The summed E-state index contributed by atoms with van der Waals surface area (Å²) in [5.74, 6) is 1.13. The Hall–Kier alpha value is -1.65. The fourth-order valence-corrected chi connectivity index (χ4v) is 1.21. The molecule has 0 saturated heterocycles. The van der Waals surface area contributed by atoms with Crippen molar-refractivity contribution in [3.8, 4) is 0 Å². The number of aromatic nitrogens is 2. The van der Waals surface area contributed by atoms with Gasteiger partial charge in [-0.15, -0.1) is 0 Å². The maximum Gasteiger partial charge on any atom is 0.227 e. The van der Waals surface area contributed by atoms with Crippen LogP contribution in [-0.4, -0.2) is 22.6 Å². The highest BCUT2D eigenvalue weighted by atomic mass is 16.5. The normalized spacial score (nSPS) is 10.9. The van der Waals surface area contributed by atoms with Crippen molar-refractivity contribution >= 4 is 5.91 Å². The van der Waals surface area contributed by atoms with Crippen LogP contribution in [0.15, 0.2) is 16.7 Å². The zero-order valence-corrected chi connectivity index (χ0v) is 9.69. The van der Waals surface area contributed by atoms with Crippen LogP contribution < -0.4 is 5.32 Å². The number of carbonyl (C=O) groups is 1. The molecule has 0 radical (unpaired) electrons. The summed E-state index contributed by atoms with van der Waals surface area (Å²) in [7, 11) is 0. The third-order valence-electron chi connectivity index (χ3n) is 2.00. The Morgan fingerprint density at radius 3 is 3.00 bits per heavy atom. The number of amides is 1. The summed E-state index contributed by atoms with van der Waals surface area (Å²) in [5, 5.41) is 6.47. The summed E-state index contributed by atoms with van der Waals surface area (Å²) < 4.78 is 4.91. The Kier molecular flexibility index (Phi) is 5.25. The third-order valence-corrected chi connectivity index (χ3v) is 2.00. The minimum absolute atomic E-state index is 0.0142. The smallest absolute Gasteiger partial charge is 0.227 e. The van der Waals surface area contributed by atoms with E-state index in [2.05, 4.69) is 15.5 Å². The van der Waals surface area contributed by atoms with E-state index in [1.807, 2.05) is 19.1 Å². The van der Waals surface area contributed by atoms with Gasteiger partial charge in [0.1, 0.15) is 0 Å². The van der Waals surface area contributed by atoms with Gasteiger partial charge in [0.05, 0.1) is 0 Å². The van der Waals surface area contributed by atoms with E-state index in [1.54, 1.807) is 6.92 Å². The van der Waals surface area contributed by atoms with Gasteiger partial charge in [0.2, 0.25) is 11.8 Å². The van der Waals surface area contributed by atoms with Crippen molar-refractivity contribution in [2.75, 3.05) is 6.54 Å². The molecule has 1 amide bonds. The van der Waals surface area contributed by atoms with Crippen LogP contribution in [0.1, 0.15) is 31.5 Å². The van der Waals surface area contributed by atoms with Crippen molar-refractivity contribution in [1.29, 1.82) is 0 Å². The second-order valence-electron chi connectivity index (χ2n) is 3.44. The van der Waals surface area contributed by atoms with Crippen molar-refractivity contribution in [1.82, 2.24) is 15.5 Å². The molecule has 0 atom stereocenters. The molecule has 1 heterocycles. The number of hydrogen-bond donors (Lipinski definition) is 1. The summed E-state index contributed by atoms with van der Waals surface area (Å²) in [6.45, 7) is 4.38. The first-order chi connectivity index (χ1) is 7.72. The van der Waals surface area contributed by atoms with E-state index in [-0.39, 0.29) is 5.91 Å². The van der Waals surface area contributed by atoms with Crippen LogP contribution in [0.4, 0.5) is 0 Å². The van der Waals surface area contributed by atoms with Crippen LogP contribution in [0.5, 0.6) is 0 Å². The van der Waals surface area contributed by atoms with Gasteiger partial charge in [-0.3, -0.25) is 4.79 Å². The Labute approximate surface area is 94.9 Å². The number of carbonyl (C=O) groups excluding carboxylic acids is 1. The second-order valence-corrected chi connectivity index (χ2v) is 3.44. The number of rotatable bonds is 6. The zero-order chi connectivity index (χ0) is 11.8. The minimum atomic E-state index is 0.0142. The molecule has 1 aromatic rings. The van der Waals surface area contributed by atoms with Crippen molar-refractivity contribution in [2.24, 2.45) is 0 Å². The van der Waals surface area contributed by atoms with E-state index in [1.165, 1.54) is 0 Å². The molecule has 1 aromatic heterocycles. The standard InChI is InChI=1S/C11H17N3O2/c1-3-4-5-8-12-10(15)6-7-11-13-9(2)14-16-11/h3-4H,5-8H2,1-2H3,(H,12,15)/b4-3+. The van der Waals surface area contributed by atoms with Crippen molar-refractivity contribution in [2.45, 2.75) is 33.1 Å². The number of aryl methyl sites for hydroxylation is 2. The van der Waals surface area contributed by atoms with E-state index in [0.29, 0.717) is 31.1 Å². The van der Waals surface area contributed by atoms with E-state index in [4.69, 9.17) is 4.52 Å². The molecule has 5 heteroatoms. The Bertz CT molecular complexity index is 358. The van der Waals surface area contributed by atoms with Crippen LogP contribution in [0.25, 0.3) is 0 Å². The molecule has 1 rings (SSSR count). The van der Waals surface area contributed by atoms with Gasteiger partial charge in [-0.05, 0) is 20.3 Å². The second kappa shape index (κ2) is 6.76. The van der Waals surface area contributed by atoms with Crippen molar-refractivity contribution < 1.29 is 9.32 Å². The lowest BCUT2D eigenvalue weighted by molar-refractivity contribution is -0.121. The third kappa shape index (κ3) is 4.72. The first-order valence-electron chi connectivity index (χ1n) is 5.39. The predicted molar refractivity (Wildman–Crippen MR) is 59.8 cm³/mol. The van der Waals surface area contributed by atoms with E-state index < -0.39 is 0 Å². The van der Waals surface area contributed by atoms with Gasteiger partial charge in [-0.1, -0.05) is 17.3 Å². The quantitative estimate of drug-likeness (QED) is 0.584. The average molecular weight is 223 g/mol. The monoisotopic (exact) mass is 223 g/mol. The summed E-state index contributed by atoms with van der Waals surface area (Å²) in [6, 6.07) is 0. The van der Waals surface area contributed by atoms with Gasteiger partial charge < -0.3 is 9.84 Å². The topological polar surface area (TPSA) is 68.0 Å². The molecule has 0 fully saturated rings. The first-order valence-corrected chi connectivity index (χ1v) is 5.39. The lowest BCUT2D eigenvalue weighted by Crippen LogP contribution is -2.24. The number of nitrogens with zero attached hydrogens (tertiary/aromatic N) is 2. The summed E-state index contributed by atoms with van der Waals surface area (Å²) >= 11 is 0. The summed E-state index contributed by atoms with van der Waals surface area (Å²) in [6.07, 6.45) is 5.73. The molecule has 0 spiro atoms. The maximum atomic E-state index is 11.4. The molecule has 0 saturated carbocycles. The van der Waals surface area contributed by atoms with Gasteiger partial charge in [0.15, 0.2) is 5.82 Å². The molecular weight excluding hydrogens is 206 g/mol. The fraction of sp³-hybridized carbons (Fsp3) is 0.545. The summed E-state index contributed by atoms with van der Waals surface area (Å²) in [4.78, 5) is 15.4. The number of nitrogens with one attached hydrogen (secondary N) is 1. The lowest BCUT2D eigenvalue weighted by Gasteiger charge is -2.00. The maximum absolute atomic E-state index is 11.4. The summed E-state index contributed by atoms with van der Waals surface area (Å²) in [5.41, 5.74) is 0. The zero-order valence-electron chi connectivity index (χ0n) is 9.69. The molecule has 88 valence electrons. The fourth-order valence-electron chi connectivity index (χ4n) is 1.21. The molecule has 1 N–H and O–H groups in total. The molecular formula is C11H17N3O2. The lowest BCUT2D eigenvalue weighted by atomic mass is 10.3. The van der Waals surface area contributed by atoms with Gasteiger partial charge in [0.25, 0.3) is 0 Å². The molecule has 0 aromatic carbocycles. The highest BCUT2D eigenvalue weighted by Crippen LogP contribution is 1.99. The van der Waals surface area contributed by atoms with E-state index in [0.717, 1.165) is 6.42 Å². The van der Waals surface area contributed by atoms with Gasteiger partial charge in [-0.2, -0.15) is 4.98 Å². The number of hydrogen-bond acceptors (Lipinski definition) is 4. The SMILES string of the molecule is C/C=C/CCNC(=O)CCc1nc(C)no1. The van der Waals surface area contributed by atoms with Gasteiger partial charge in [-0.25, -0.2) is 0 Å². The van der Waals surface area contributed by atoms with Crippen LogP contribution >= 0.6 is 0 Å². The van der Waals surface area contributed by atoms with E-state index in [9.17, 15) is 4.79 Å². The largest absolute Gasteiger partial charge is 0.356 e. The highest BCUT2D eigenvalue weighted by Gasteiger charge is 2.06. The molecule has 0 aliphatic rings. The van der Waals surface area contributed by atoms with Crippen LogP contribution in [0.3, 0.4) is 0 Å². The first kappa shape index (κ1) is 12.4. The van der Waals surface area contributed by atoms with Crippen molar-refractivity contribution in [3.63, 3.8) is 0 Å². The van der Waals surface area contributed by atoms with Crippen LogP contribution in [0.2, 0.25) is 0 Å². The molecule has 5 nitrogen and oxygen atoms in total. The average Bonchev–Trinajstić information content (AvgIpc) is 2.68. The van der Waals surface area contributed by atoms with Crippen molar-refractivity contribution in [3.05, 3.63) is 23.9 Å². The van der Waals surface area contributed by atoms with Gasteiger partial charge >= 0.3 is 0 Å². The van der Waals surface area contributed by atoms with E-state index >= 15 is 0 Å². The molecule has 0 aliphatic heterocycles. The number of allylic oxidation sites excluding steroid dienone is 1. The van der Waals surface area contributed by atoms with Crippen LogP contribution in [0, 0.1) is 6.92 Å². The molecule has 0 bridgehead atoms. The molecule has 0 unspecified atom stereocenters. The Morgan fingerprint density at radius 1 is 1.56 bits per heavy atom. The van der Waals surface area contributed by atoms with Gasteiger partial charge in [0, 0.05) is 19.4 Å². The minimum Gasteiger partial charge on any atom is -0.356 e. The Morgan fingerprint density at radius 2 is 2.38 bits per heavy atom. The molecule has 0 aliphatic carbocycles. The predicted octanol–water partition coefficient (Wildman–Crippen LogP) is 1.39.